The van der Waals surface area contributed by atoms with E-state index in [1.54, 1.807) is 0 Å². The highest BCUT2D eigenvalue weighted by atomic mass is 16.5. The van der Waals surface area contributed by atoms with E-state index in [9.17, 15) is 0 Å². The van der Waals surface area contributed by atoms with Crippen molar-refractivity contribution in [1.29, 1.82) is 0 Å². The zero-order valence-corrected chi connectivity index (χ0v) is 10.7. The molecule has 0 unspecified atom stereocenters. The van der Waals surface area contributed by atoms with Crippen LogP contribution >= 0.6 is 0 Å². The minimum absolute atomic E-state index is 0.116. The second kappa shape index (κ2) is 3.42. The van der Waals surface area contributed by atoms with Gasteiger partial charge in [0.25, 0.3) is 0 Å². The molecule has 4 heteroatoms. The molecular weight excluding hydrogens is 214 g/mol. The van der Waals surface area contributed by atoms with Crippen molar-refractivity contribution in [2.75, 3.05) is 24.7 Å². The van der Waals surface area contributed by atoms with Crippen LogP contribution in [0.3, 0.4) is 0 Å². The van der Waals surface area contributed by atoms with Crippen LogP contribution in [0.15, 0.2) is 12.4 Å². The number of hydrogen-bond acceptors (Lipinski definition) is 4. The molecule has 3 heterocycles. The SMILES string of the molecule is CC(C)(C)c1cnc(N2CCC23COC3)nc1. The van der Waals surface area contributed by atoms with Crippen molar-refractivity contribution >= 4 is 5.95 Å². The van der Waals surface area contributed by atoms with Crippen LogP contribution in [0.1, 0.15) is 32.8 Å². The Morgan fingerprint density at radius 3 is 2.24 bits per heavy atom. The first-order valence-corrected chi connectivity index (χ1v) is 6.19. The van der Waals surface area contributed by atoms with Gasteiger partial charge in [0.15, 0.2) is 0 Å². The lowest BCUT2D eigenvalue weighted by Gasteiger charge is -2.57. The first-order valence-electron chi connectivity index (χ1n) is 6.19. The lowest BCUT2D eigenvalue weighted by atomic mass is 9.83. The van der Waals surface area contributed by atoms with Gasteiger partial charge in [0.2, 0.25) is 5.95 Å². The van der Waals surface area contributed by atoms with Crippen LogP contribution in [0.4, 0.5) is 5.95 Å². The van der Waals surface area contributed by atoms with Crippen LogP contribution in [-0.4, -0.2) is 35.3 Å². The maximum atomic E-state index is 5.31. The fraction of sp³-hybridized carbons (Fsp3) is 0.692. The van der Waals surface area contributed by atoms with Gasteiger partial charge in [-0.25, -0.2) is 9.97 Å². The maximum Gasteiger partial charge on any atom is 0.225 e. The van der Waals surface area contributed by atoms with Gasteiger partial charge in [-0.1, -0.05) is 20.8 Å². The van der Waals surface area contributed by atoms with Gasteiger partial charge in [0.1, 0.15) is 0 Å². The Morgan fingerprint density at radius 1 is 1.24 bits per heavy atom. The van der Waals surface area contributed by atoms with E-state index in [4.69, 9.17) is 4.74 Å². The number of hydrogen-bond donors (Lipinski definition) is 0. The standard InChI is InChI=1S/C13H19N3O/c1-12(2,3)10-6-14-11(15-7-10)16-5-4-13(16)8-17-9-13/h6-7H,4-5,8-9H2,1-3H3. The maximum absolute atomic E-state index is 5.31. The van der Waals surface area contributed by atoms with Gasteiger partial charge in [-0.15, -0.1) is 0 Å². The van der Waals surface area contributed by atoms with Crippen molar-refractivity contribution in [3.05, 3.63) is 18.0 Å². The Hall–Kier alpha value is -1.16. The summed E-state index contributed by atoms with van der Waals surface area (Å²) in [5, 5.41) is 0. The summed E-state index contributed by atoms with van der Waals surface area (Å²) in [6.45, 7) is 9.25. The van der Waals surface area contributed by atoms with Crippen LogP contribution in [0.5, 0.6) is 0 Å². The minimum Gasteiger partial charge on any atom is -0.376 e. The molecule has 4 nitrogen and oxygen atoms in total. The Balaban J connectivity index is 1.81. The summed E-state index contributed by atoms with van der Waals surface area (Å²) in [4.78, 5) is 11.3. The van der Waals surface area contributed by atoms with Crippen molar-refractivity contribution in [3.8, 4) is 0 Å². The van der Waals surface area contributed by atoms with E-state index in [-0.39, 0.29) is 11.0 Å². The molecule has 2 aliphatic heterocycles. The van der Waals surface area contributed by atoms with E-state index in [1.807, 2.05) is 12.4 Å². The molecule has 2 aliphatic rings. The zero-order chi connectivity index (χ0) is 12.1. The summed E-state index contributed by atoms with van der Waals surface area (Å²) in [5.41, 5.74) is 1.52. The van der Waals surface area contributed by atoms with Crippen molar-refractivity contribution in [3.63, 3.8) is 0 Å². The molecule has 1 aromatic rings. The van der Waals surface area contributed by atoms with Crippen molar-refractivity contribution in [1.82, 2.24) is 9.97 Å². The molecule has 3 rings (SSSR count). The molecule has 0 saturated carbocycles. The van der Waals surface area contributed by atoms with Crippen LogP contribution in [0.25, 0.3) is 0 Å². The van der Waals surface area contributed by atoms with Crippen LogP contribution in [0, 0.1) is 0 Å². The molecule has 17 heavy (non-hydrogen) atoms. The summed E-state index contributed by atoms with van der Waals surface area (Å²) in [5.74, 6) is 0.854. The topological polar surface area (TPSA) is 38.2 Å². The third kappa shape index (κ3) is 1.62. The molecule has 0 N–H and O–H groups in total. The Labute approximate surface area is 102 Å². The van der Waals surface area contributed by atoms with E-state index in [1.165, 1.54) is 12.0 Å². The highest BCUT2D eigenvalue weighted by Crippen LogP contribution is 2.39. The van der Waals surface area contributed by atoms with Crippen molar-refractivity contribution in [2.45, 2.75) is 38.1 Å². The summed E-state index contributed by atoms with van der Waals surface area (Å²) in [6, 6.07) is 0. The number of nitrogens with zero attached hydrogens (tertiary/aromatic N) is 3. The lowest BCUT2D eigenvalue weighted by Crippen LogP contribution is -2.71. The molecule has 0 bridgehead atoms. The third-order valence-corrected chi connectivity index (χ3v) is 3.86. The van der Waals surface area contributed by atoms with Gasteiger partial charge in [-0.3, -0.25) is 0 Å². The van der Waals surface area contributed by atoms with Gasteiger partial charge >= 0.3 is 0 Å². The van der Waals surface area contributed by atoms with E-state index < -0.39 is 0 Å². The van der Waals surface area contributed by atoms with Gasteiger partial charge in [-0.05, 0) is 17.4 Å². The van der Waals surface area contributed by atoms with Crippen LogP contribution in [0.2, 0.25) is 0 Å². The molecule has 1 aromatic heterocycles. The summed E-state index contributed by atoms with van der Waals surface area (Å²) in [6.07, 6.45) is 5.11. The molecule has 0 aromatic carbocycles. The van der Waals surface area contributed by atoms with E-state index in [2.05, 4.69) is 35.6 Å². The van der Waals surface area contributed by atoms with Crippen molar-refractivity contribution < 1.29 is 4.74 Å². The molecule has 0 radical (unpaired) electrons. The lowest BCUT2D eigenvalue weighted by molar-refractivity contribution is -0.0856. The van der Waals surface area contributed by atoms with Gasteiger partial charge < -0.3 is 9.64 Å². The van der Waals surface area contributed by atoms with Gasteiger partial charge in [0.05, 0.1) is 18.8 Å². The van der Waals surface area contributed by atoms with Crippen LogP contribution in [-0.2, 0) is 10.2 Å². The fourth-order valence-electron chi connectivity index (χ4n) is 2.34. The Morgan fingerprint density at radius 2 is 1.88 bits per heavy atom. The average molecular weight is 233 g/mol. The van der Waals surface area contributed by atoms with Gasteiger partial charge in [0, 0.05) is 18.9 Å². The Kier molecular flexibility index (Phi) is 2.20. The van der Waals surface area contributed by atoms with E-state index in [0.29, 0.717) is 0 Å². The largest absolute Gasteiger partial charge is 0.376 e. The fourth-order valence-corrected chi connectivity index (χ4v) is 2.34. The molecule has 2 fully saturated rings. The highest BCUT2D eigenvalue weighted by molar-refractivity contribution is 5.42. The second-order valence-corrected chi connectivity index (χ2v) is 6.14. The van der Waals surface area contributed by atoms with Crippen LogP contribution < -0.4 is 4.90 Å². The first kappa shape index (κ1) is 11.0. The summed E-state index contributed by atoms with van der Waals surface area (Å²) < 4.78 is 5.31. The van der Waals surface area contributed by atoms with Gasteiger partial charge in [-0.2, -0.15) is 0 Å². The monoisotopic (exact) mass is 233 g/mol. The zero-order valence-electron chi connectivity index (χ0n) is 10.7. The molecule has 0 aliphatic carbocycles. The molecule has 2 saturated heterocycles. The normalized spacial score (nSPS) is 22.2. The van der Waals surface area contributed by atoms with E-state index >= 15 is 0 Å². The molecule has 0 atom stereocenters. The predicted molar refractivity (Wildman–Crippen MR) is 66.2 cm³/mol. The summed E-state index contributed by atoms with van der Waals surface area (Å²) in [7, 11) is 0. The number of ether oxygens (including phenoxy) is 1. The molecule has 0 amide bonds. The quantitative estimate of drug-likeness (QED) is 0.740. The number of anilines is 1. The third-order valence-electron chi connectivity index (χ3n) is 3.86. The number of aromatic nitrogens is 2. The minimum atomic E-state index is 0.116. The average Bonchev–Trinajstić information content (AvgIpc) is 2.13. The summed E-state index contributed by atoms with van der Waals surface area (Å²) >= 11 is 0. The highest BCUT2D eigenvalue weighted by Gasteiger charge is 2.51. The molecule has 1 spiro atoms. The second-order valence-electron chi connectivity index (χ2n) is 6.14. The van der Waals surface area contributed by atoms with E-state index in [0.717, 1.165) is 25.7 Å². The smallest absolute Gasteiger partial charge is 0.225 e. The Bertz CT molecular complexity index is 412. The number of rotatable bonds is 1. The molecule has 92 valence electrons. The first-order chi connectivity index (χ1) is 8.01. The predicted octanol–water partition coefficient (Wildman–Crippen LogP) is 1.75. The molecular formula is C13H19N3O. The van der Waals surface area contributed by atoms with Crippen molar-refractivity contribution in [2.24, 2.45) is 0 Å².